The summed E-state index contributed by atoms with van der Waals surface area (Å²) in [5.74, 6) is -0.0546. The molecule has 0 aliphatic rings. The Bertz CT molecular complexity index is 496. The van der Waals surface area contributed by atoms with Crippen molar-refractivity contribution < 1.29 is 13.2 Å². The lowest BCUT2D eigenvalue weighted by Gasteiger charge is -2.09. The molecule has 17 heavy (non-hydrogen) atoms. The standard InChI is InChI=1S/C13H18O3S/c1-9(2)13(14)11-5-7-12(8-6-11)17(15,16)10(3)4/h5-10H,1-4H3. The number of hydrogen-bond acceptors (Lipinski definition) is 3. The Labute approximate surface area is 103 Å². The van der Waals surface area contributed by atoms with E-state index in [1.54, 1.807) is 26.0 Å². The highest BCUT2D eigenvalue weighted by molar-refractivity contribution is 7.92. The largest absolute Gasteiger partial charge is 0.294 e. The van der Waals surface area contributed by atoms with Gasteiger partial charge in [-0.1, -0.05) is 26.0 Å². The molecule has 0 atom stereocenters. The van der Waals surface area contributed by atoms with E-state index in [1.165, 1.54) is 12.1 Å². The van der Waals surface area contributed by atoms with Gasteiger partial charge in [-0.3, -0.25) is 4.79 Å². The highest BCUT2D eigenvalue weighted by Gasteiger charge is 2.19. The van der Waals surface area contributed by atoms with Crippen LogP contribution in [0.4, 0.5) is 0 Å². The quantitative estimate of drug-likeness (QED) is 0.776. The van der Waals surface area contributed by atoms with Gasteiger partial charge in [-0.25, -0.2) is 8.42 Å². The predicted octanol–water partition coefficient (Wildman–Crippen LogP) is 2.71. The van der Waals surface area contributed by atoms with Crippen molar-refractivity contribution in [2.75, 3.05) is 0 Å². The summed E-state index contributed by atoms with van der Waals surface area (Å²) in [6.07, 6.45) is 0. The van der Waals surface area contributed by atoms with E-state index in [9.17, 15) is 13.2 Å². The van der Waals surface area contributed by atoms with Crippen molar-refractivity contribution >= 4 is 15.6 Å². The monoisotopic (exact) mass is 254 g/mol. The molecule has 0 bridgehead atoms. The molecule has 0 heterocycles. The van der Waals surface area contributed by atoms with Crippen LogP contribution < -0.4 is 0 Å². The second-order valence-electron chi connectivity index (χ2n) is 4.64. The lowest BCUT2D eigenvalue weighted by molar-refractivity contribution is 0.0939. The molecular weight excluding hydrogens is 236 g/mol. The Balaban J connectivity index is 3.09. The van der Waals surface area contributed by atoms with E-state index in [-0.39, 0.29) is 16.6 Å². The molecule has 0 spiro atoms. The predicted molar refractivity (Wildman–Crippen MR) is 67.9 cm³/mol. The van der Waals surface area contributed by atoms with Gasteiger partial charge >= 0.3 is 0 Å². The second kappa shape index (κ2) is 5.00. The van der Waals surface area contributed by atoms with Crippen LogP contribution in [-0.4, -0.2) is 19.5 Å². The van der Waals surface area contributed by atoms with Crippen LogP contribution in [0.25, 0.3) is 0 Å². The molecule has 1 rings (SSSR count). The first kappa shape index (κ1) is 13.9. The molecule has 0 unspecified atom stereocenters. The maximum atomic E-state index is 11.9. The smallest absolute Gasteiger partial charge is 0.180 e. The summed E-state index contributed by atoms with van der Waals surface area (Å²) in [6.45, 7) is 6.92. The topological polar surface area (TPSA) is 51.2 Å². The molecular formula is C13H18O3S. The molecule has 0 saturated carbocycles. The minimum atomic E-state index is -3.25. The zero-order chi connectivity index (χ0) is 13.2. The van der Waals surface area contributed by atoms with Crippen LogP contribution in [0.2, 0.25) is 0 Å². The van der Waals surface area contributed by atoms with Crippen molar-refractivity contribution in [3.63, 3.8) is 0 Å². The molecule has 3 nitrogen and oxygen atoms in total. The number of ketones is 1. The number of sulfone groups is 1. The second-order valence-corrected chi connectivity index (χ2v) is 7.14. The third kappa shape index (κ3) is 2.94. The Morgan fingerprint density at radius 3 is 1.82 bits per heavy atom. The summed E-state index contributed by atoms with van der Waals surface area (Å²) >= 11 is 0. The molecule has 0 aliphatic heterocycles. The Hall–Kier alpha value is -1.16. The van der Waals surface area contributed by atoms with Gasteiger partial charge in [0.1, 0.15) is 0 Å². The Kier molecular flexibility index (Phi) is 4.09. The molecule has 94 valence electrons. The van der Waals surface area contributed by atoms with Gasteiger partial charge in [0.05, 0.1) is 10.1 Å². The maximum Gasteiger partial charge on any atom is 0.180 e. The van der Waals surface area contributed by atoms with Crippen LogP contribution in [0.1, 0.15) is 38.1 Å². The summed E-state index contributed by atoms with van der Waals surface area (Å²) in [7, 11) is -3.25. The van der Waals surface area contributed by atoms with E-state index in [0.29, 0.717) is 5.56 Å². The summed E-state index contributed by atoms with van der Waals surface area (Å²) in [5.41, 5.74) is 0.558. The molecule has 0 fully saturated rings. The average molecular weight is 254 g/mol. The van der Waals surface area contributed by atoms with Crippen molar-refractivity contribution in [2.45, 2.75) is 37.8 Å². The van der Waals surface area contributed by atoms with Crippen molar-refractivity contribution in [1.29, 1.82) is 0 Å². The van der Waals surface area contributed by atoms with E-state index in [1.807, 2.05) is 13.8 Å². The maximum absolute atomic E-state index is 11.9. The first-order valence-electron chi connectivity index (χ1n) is 5.65. The van der Waals surface area contributed by atoms with Crippen LogP contribution in [0.15, 0.2) is 29.2 Å². The SMILES string of the molecule is CC(C)C(=O)c1ccc(S(=O)(=O)C(C)C)cc1. The Morgan fingerprint density at radius 2 is 1.47 bits per heavy atom. The third-order valence-corrected chi connectivity index (χ3v) is 4.78. The first-order valence-corrected chi connectivity index (χ1v) is 7.19. The molecule has 0 saturated heterocycles. The van der Waals surface area contributed by atoms with Gasteiger partial charge in [0.2, 0.25) is 0 Å². The zero-order valence-electron chi connectivity index (χ0n) is 10.6. The fourth-order valence-electron chi connectivity index (χ4n) is 1.41. The van der Waals surface area contributed by atoms with Crippen LogP contribution in [0, 0.1) is 5.92 Å². The average Bonchev–Trinajstić information content (AvgIpc) is 2.27. The van der Waals surface area contributed by atoms with Crippen molar-refractivity contribution in [3.8, 4) is 0 Å². The Morgan fingerprint density at radius 1 is 1.00 bits per heavy atom. The first-order chi connectivity index (χ1) is 7.76. The van der Waals surface area contributed by atoms with Gasteiger partial charge in [-0.2, -0.15) is 0 Å². The lowest BCUT2D eigenvalue weighted by Crippen LogP contribution is -2.14. The van der Waals surface area contributed by atoms with E-state index in [2.05, 4.69) is 0 Å². The van der Waals surface area contributed by atoms with Crippen molar-refractivity contribution in [1.82, 2.24) is 0 Å². The fourth-order valence-corrected chi connectivity index (χ4v) is 2.47. The summed E-state index contributed by atoms with van der Waals surface area (Å²) in [5, 5.41) is -0.450. The molecule has 0 aliphatic carbocycles. The minimum Gasteiger partial charge on any atom is -0.294 e. The number of hydrogen-bond donors (Lipinski definition) is 0. The molecule has 0 amide bonds. The van der Waals surface area contributed by atoms with Crippen LogP contribution >= 0.6 is 0 Å². The van der Waals surface area contributed by atoms with Gasteiger partial charge in [0, 0.05) is 11.5 Å². The minimum absolute atomic E-state index is 0.0264. The lowest BCUT2D eigenvalue weighted by atomic mass is 10.0. The molecule has 0 aromatic heterocycles. The van der Waals surface area contributed by atoms with E-state index in [4.69, 9.17) is 0 Å². The number of benzene rings is 1. The molecule has 1 aromatic carbocycles. The van der Waals surface area contributed by atoms with Gasteiger partial charge in [0.25, 0.3) is 0 Å². The zero-order valence-corrected chi connectivity index (χ0v) is 11.4. The summed E-state index contributed by atoms with van der Waals surface area (Å²) < 4.78 is 23.7. The number of carbonyl (C=O) groups is 1. The molecule has 4 heteroatoms. The highest BCUT2D eigenvalue weighted by Crippen LogP contribution is 2.17. The number of Topliss-reactive ketones (excluding diaryl/α,β-unsaturated/α-hetero) is 1. The van der Waals surface area contributed by atoms with Gasteiger partial charge in [-0.15, -0.1) is 0 Å². The highest BCUT2D eigenvalue weighted by atomic mass is 32.2. The van der Waals surface area contributed by atoms with Crippen molar-refractivity contribution in [3.05, 3.63) is 29.8 Å². The number of rotatable bonds is 4. The van der Waals surface area contributed by atoms with E-state index >= 15 is 0 Å². The number of carbonyl (C=O) groups excluding carboxylic acids is 1. The summed E-state index contributed by atoms with van der Waals surface area (Å²) in [6, 6.07) is 6.17. The van der Waals surface area contributed by atoms with Crippen LogP contribution in [0.5, 0.6) is 0 Å². The van der Waals surface area contributed by atoms with Crippen LogP contribution in [-0.2, 0) is 9.84 Å². The van der Waals surface area contributed by atoms with Crippen molar-refractivity contribution in [2.24, 2.45) is 5.92 Å². The van der Waals surface area contributed by atoms with E-state index < -0.39 is 15.1 Å². The third-order valence-electron chi connectivity index (χ3n) is 2.61. The van der Waals surface area contributed by atoms with Gasteiger partial charge < -0.3 is 0 Å². The summed E-state index contributed by atoms with van der Waals surface area (Å²) in [4.78, 5) is 12.0. The molecule has 1 aromatic rings. The van der Waals surface area contributed by atoms with E-state index in [0.717, 1.165) is 0 Å². The fraction of sp³-hybridized carbons (Fsp3) is 0.462. The van der Waals surface area contributed by atoms with Crippen LogP contribution in [0.3, 0.4) is 0 Å². The molecule has 0 radical (unpaired) electrons. The normalized spacial score (nSPS) is 12.1. The molecule has 0 N–H and O–H groups in total. The van der Waals surface area contributed by atoms with Gasteiger partial charge in [-0.05, 0) is 26.0 Å². The van der Waals surface area contributed by atoms with Gasteiger partial charge in [0.15, 0.2) is 15.6 Å².